The predicted octanol–water partition coefficient (Wildman–Crippen LogP) is 1.73. The second-order valence-electron chi connectivity index (χ2n) is 5.47. The summed E-state index contributed by atoms with van der Waals surface area (Å²) in [5.41, 5.74) is 1.52. The summed E-state index contributed by atoms with van der Waals surface area (Å²) in [5, 5.41) is 0. The van der Waals surface area contributed by atoms with Gasteiger partial charge < -0.3 is 9.64 Å². The van der Waals surface area contributed by atoms with Crippen LogP contribution in [-0.4, -0.2) is 57.2 Å². The molecule has 0 bridgehead atoms. The molecule has 1 aliphatic heterocycles. The number of anilines is 1. The Labute approximate surface area is 138 Å². The molecule has 1 saturated heterocycles. The molecule has 7 heteroatoms. The van der Waals surface area contributed by atoms with Crippen LogP contribution in [0.15, 0.2) is 24.3 Å². The Hall–Kier alpha value is -1.60. The van der Waals surface area contributed by atoms with Gasteiger partial charge in [0.25, 0.3) is 0 Å². The Balaban J connectivity index is 1.96. The Kier molecular flexibility index (Phi) is 6.01. The van der Waals surface area contributed by atoms with Crippen molar-refractivity contribution in [2.75, 3.05) is 43.4 Å². The summed E-state index contributed by atoms with van der Waals surface area (Å²) < 4.78 is 30.7. The van der Waals surface area contributed by atoms with Gasteiger partial charge in [0.15, 0.2) is 0 Å². The van der Waals surface area contributed by atoms with E-state index in [0.29, 0.717) is 44.8 Å². The number of carbonyl (C=O) groups excluding carboxylic acids is 1. The van der Waals surface area contributed by atoms with Crippen LogP contribution in [-0.2, 0) is 14.8 Å². The van der Waals surface area contributed by atoms with E-state index in [2.05, 4.69) is 4.90 Å². The number of nitrogens with zero attached hydrogens (tertiary/aromatic N) is 2. The summed E-state index contributed by atoms with van der Waals surface area (Å²) in [7, 11) is -3.12. The monoisotopic (exact) mass is 340 g/mol. The standard InChI is InChI=1S/C16H24N2O4S/c1-3-13-23(20,21)18-11-9-17(10-12-18)15-7-5-14(6-8-15)16(19)22-4-2/h5-8H,3-4,9-13H2,1-2H3. The van der Waals surface area contributed by atoms with Gasteiger partial charge in [-0.1, -0.05) is 6.92 Å². The number of ether oxygens (including phenoxy) is 1. The van der Waals surface area contributed by atoms with Gasteiger partial charge in [-0.05, 0) is 37.6 Å². The van der Waals surface area contributed by atoms with Gasteiger partial charge in [-0.2, -0.15) is 4.31 Å². The molecular weight excluding hydrogens is 316 g/mol. The highest BCUT2D eigenvalue weighted by molar-refractivity contribution is 7.89. The zero-order valence-electron chi connectivity index (χ0n) is 13.7. The zero-order chi connectivity index (χ0) is 16.9. The van der Waals surface area contributed by atoms with Crippen molar-refractivity contribution in [3.8, 4) is 0 Å². The summed E-state index contributed by atoms with van der Waals surface area (Å²) in [4.78, 5) is 13.8. The zero-order valence-corrected chi connectivity index (χ0v) is 14.5. The van der Waals surface area contributed by atoms with Gasteiger partial charge in [-0.3, -0.25) is 0 Å². The van der Waals surface area contributed by atoms with E-state index in [1.54, 1.807) is 23.4 Å². The maximum absolute atomic E-state index is 12.1. The normalized spacial score (nSPS) is 16.3. The maximum Gasteiger partial charge on any atom is 0.338 e. The van der Waals surface area contributed by atoms with E-state index in [4.69, 9.17) is 4.74 Å². The highest BCUT2D eigenvalue weighted by Gasteiger charge is 2.26. The second-order valence-corrected chi connectivity index (χ2v) is 7.56. The van der Waals surface area contributed by atoms with Crippen molar-refractivity contribution in [2.45, 2.75) is 20.3 Å². The highest BCUT2D eigenvalue weighted by Crippen LogP contribution is 2.19. The molecule has 1 aliphatic rings. The topological polar surface area (TPSA) is 66.9 Å². The molecule has 1 fully saturated rings. The van der Waals surface area contributed by atoms with Crippen molar-refractivity contribution in [1.29, 1.82) is 0 Å². The predicted molar refractivity (Wildman–Crippen MR) is 90.3 cm³/mol. The van der Waals surface area contributed by atoms with Crippen LogP contribution >= 0.6 is 0 Å². The molecule has 0 aliphatic carbocycles. The molecule has 0 N–H and O–H groups in total. The molecule has 1 heterocycles. The highest BCUT2D eigenvalue weighted by atomic mass is 32.2. The van der Waals surface area contributed by atoms with Gasteiger partial charge in [0, 0.05) is 31.9 Å². The lowest BCUT2D eigenvalue weighted by molar-refractivity contribution is 0.0526. The first-order valence-corrected chi connectivity index (χ1v) is 9.58. The van der Waals surface area contributed by atoms with Crippen LogP contribution in [0.2, 0.25) is 0 Å². The summed E-state index contributed by atoms with van der Waals surface area (Å²) >= 11 is 0. The minimum absolute atomic E-state index is 0.210. The van der Waals surface area contributed by atoms with E-state index in [-0.39, 0.29) is 11.7 Å². The molecule has 0 amide bonds. The average molecular weight is 340 g/mol. The SMILES string of the molecule is CCCS(=O)(=O)N1CCN(c2ccc(C(=O)OCC)cc2)CC1. The van der Waals surface area contributed by atoms with Gasteiger partial charge in [0.1, 0.15) is 0 Å². The molecular formula is C16H24N2O4S. The van der Waals surface area contributed by atoms with Crippen LogP contribution in [0.25, 0.3) is 0 Å². The third kappa shape index (κ3) is 4.45. The average Bonchev–Trinajstić information content (AvgIpc) is 2.55. The first-order chi connectivity index (χ1) is 11.0. The Bertz CT molecular complexity index is 620. The summed E-state index contributed by atoms with van der Waals surface area (Å²) in [6, 6.07) is 7.24. The van der Waals surface area contributed by atoms with E-state index < -0.39 is 10.0 Å². The fourth-order valence-corrected chi connectivity index (χ4v) is 4.13. The van der Waals surface area contributed by atoms with Crippen LogP contribution in [0.4, 0.5) is 5.69 Å². The number of rotatable bonds is 6. The van der Waals surface area contributed by atoms with Crippen LogP contribution < -0.4 is 4.90 Å². The van der Waals surface area contributed by atoms with Crippen molar-refractivity contribution in [3.63, 3.8) is 0 Å². The third-order valence-corrected chi connectivity index (χ3v) is 5.91. The van der Waals surface area contributed by atoms with Crippen molar-refractivity contribution in [1.82, 2.24) is 4.31 Å². The molecule has 0 unspecified atom stereocenters. The molecule has 23 heavy (non-hydrogen) atoms. The van der Waals surface area contributed by atoms with Crippen LogP contribution in [0, 0.1) is 0 Å². The first kappa shape index (κ1) is 17.7. The Morgan fingerprint density at radius 1 is 1.09 bits per heavy atom. The minimum atomic E-state index is -3.12. The minimum Gasteiger partial charge on any atom is -0.462 e. The smallest absolute Gasteiger partial charge is 0.338 e. The largest absolute Gasteiger partial charge is 0.462 e. The van der Waals surface area contributed by atoms with E-state index in [0.717, 1.165) is 5.69 Å². The molecule has 2 rings (SSSR count). The number of benzene rings is 1. The molecule has 1 aromatic rings. The lowest BCUT2D eigenvalue weighted by Gasteiger charge is -2.35. The number of sulfonamides is 1. The van der Waals surface area contributed by atoms with E-state index >= 15 is 0 Å². The summed E-state index contributed by atoms with van der Waals surface area (Å²) in [6.45, 7) is 6.32. The molecule has 128 valence electrons. The van der Waals surface area contributed by atoms with Crippen molar-refractivity contribution in [3.05, 3.63) is 29.8 Å². The van der Waals surface area contributed by atoms with Crippen molar-refractivity contribution < 1.29 is 17.9 Å². The van der Waals surface area contributed by atoms with Gasteiger partial charge in [0.05, 0.1) is 17.9 Å². The van der Waals surface area contributed by atoms with Gasteiger partial charge in [-0.15, -0.1) is 0 Å². The molecule has 0 atom stereocenters. The van der Waals surface area contributed by atoms with Crippen LogP contribution in [0.3, 0.4) is 0 Å². The van der Waals surface area contributed by atoms with E-state index in [1.807, 2.05) is 19.1 Å². The number of carbonyl (C=O) groups is 1. The van der Waals surface area contributed by atoms with E-state index in [9.17, 15) is 13.2 Å². The summed E-state index contributed by atoms with van der Waals surface area (Å²) in [5.74, 6) is -0.115. The lowest BCUT2D eigenvalue weighted by Crippen LogP contribution is -2.49. The fourth-order valence-electron chi connectivity index (χ4n) is 2.63. The molecule has 0 saturated carbocycles. The Morgan fingerprint density at radius 2 is 1.70 bits per heavy atom. The molecule has 6 nitrogen and oxygen atoms in total. The van der Waals surface area contributed by atoms with Gasteiger partial charge in [-0.25, -0.2) is 13.2 Å². The van der Waals surface area contributed by atoms with Crippen molar-refractivity contribution >= 4 is 21.7 Å². The fraction of sp³-hybridized carbons (Fsp3) is 0.562. The third-order valence-electron chi connectivity index (χ3n) is 3.84. The maximum atomic E-state index is 12.1. The molecule has 1 aromatic carbocycles. The summed E-state index contributed by atoms with van der Waals surface area (Å²) in [6.07, 6.45) is 0.637. The first-order valence-electron chi connectivity index (χ1n) is 7.98. The van der Waals surface area contributed by atoms with Crippen LogP contribution in [0.1, 0.15) is 30.6 Å². The lowest BCUT2D eigenvalue weighted by atomic mass is 10.2. The van der Waals surface area contributed by atoms with Crippen molar-refractivity contribution in [2.24, 2.45) is 0 Å². The second kappa shape index (κ2) is 7.79. The van der Waals surface area contributed by atoms with Crippen LogP contribution in [0.5, 0.6) is 0 Å². The van der Waals surface area contributed by atoms with E-state index in [1.165, 1.54) is 0 Å². The van der Waals surface area contributed by atoms with Gasteiger partial charge >= 0.3 is 5.97 Å². The molecule has 0 radical (unpaired) electrons. The number of piperazine rings is 1. The number of hydrogen-bond donors (Lipinski definition) is 0. The number of esters is 1. The Morgan fingerprint density at radius 3 is 2.22 bits per heavy atom. The molecule has 0 aromatic heterocycles. The number of hydrogen-bond acceptors (Lipinski definition) is 5. The molecule has 0 spiro atoms. The van der Waals surface area contributed by atoms with Gasteiger partial charge in [0.2, 0.25) is 10.0 Å². The quantitative estimate of drug-likeness (QED) is 0.738.